The smallest absolute Gasteiger partial charge is 0.319 e. The summed E-state index contributed by atoms with van der Waals surface area (Å²) >= 11 is 3.35. The summed E-state index contributed by atoms with van der Waals surface area (Å²) in [6, 6.07) is 2.20. The molecule has 0 bridgehead atoms. The molecule has 6 nitrogen and oxygen atoms in total. The van der Waals surface area contributed by atoms with Crippen molar-refractivity contribution in [3.05, 3.63) is 16.4 Å². The molecule has 2 saturated heterocycles. The van der Waals surface area contributed by atoms with Crippen LogP contribution in [0.25, 0.3) is 10.9 Å². The van der Waals surface area contributed by atoms with E-state index in [1.54, 1.807) is 6.07 Å². The van der Waals surface area contributed by atoms with Gasteiger partial charge in [-0.3, -0.25) is 4.90 Å². The number of hydrogen-bond donors (Lipinski definition) is 0. The Hall–Kier alpha value is -1.67. The second kappa shape index (κ2) is 8.60. The van der Waals surface area contributed by atoms with Gasteiger partial charge in [0.2, 0.25) is 0 Å². The lowest BCUT2D eigenvalue weighted by Crippen LogP contribution is -2.43. The van der Waals surface area contributed by atoms with E-state index in [1.807, 2.05) is 20.9 Å². The molecule has 2 atom stereocenters. The Morgan fingerprint density at radius 3 is 2.69 bits per heavy atom. The van der Waals surface area contributed by atoms with E-state index in [-0.39, 0.29) is 29.2 Å². The topological polar surface area (TPSA) is 50.7 Å². The number of fused-ring (bicyclic) bond motifs is 2. The first-order valence-electron chi connectivity index (χ1n) is 12.0. The Morgan fingerprint density at radius 1 is 1.19 bits per heavy atom. The van der Waals surface area contributed by atoms with Gasteiger partial charge in [0, 0.05) is 7.05 Å². The lowest BCUT2D eigenvalue weighted by molar-refractivity contribution is 0.108. The summed E-state index contributed by atoms with van der Waals surface area (Å²) in [5, 5.41) is 0.640. The zero-order valence-electron chi connectivity index (χ0n) is 19.2. The third kappa shape index (κ3) is 3.45. The van der Waals surface area contributed by atoms with Gasteiger partial charge in [0.25, 0.3) is 0 Å². The molecule has 2 aromatic rings. The van der Waals surface area contributed by atoms with Gasteiger partial charge in [-0.2, -0.15) is 9.97 Å². The first kappa shape index (κ1) is 22.1. The molecule has 1 saturated carbocycles. The molecule has 4 aliphatic rings. The highest BCUT2D eigenvalue weighted by atomic mass is 79.9. The van der Waals surface area contributed by atoms with Crippen LogP contribution in [0.15, 0.2) is 10.5 Å². The fourth-order valence-electron chi connectivity index (χ4n) is 6.06. The predicted octanol–water partition coefficient (Wildman–Crippen LogP) is 5.31. The van der Waals surface area contributed by atoms with Gasteiger partial charge in [0.05, 0.1) is 21.4 Å². The molecule has 4 heterocycles. The van der Waals surface area contributed by atoms with Crippen LogP contribution in [-0.2, 0) is 0 Å². The SMILES string of the molecule is CC.CN1c2nc(OCC34CCCN3CCC4)nc3c(F)c(Br)cc(c23)O[C@H]2CCC[C@H]21. The molecule has 174 valence electrons. The Kier molecular flexibility index (Phi) is 5.95. The number of halogens is 2. The maximum atomic E-state index is 15.1. The molecule has 3 fully saturated rings. The molecule has 1 aliphatic carbocycles. The van der Waals surface area contributed by atoms with E-state index in [0.29, 0.717) is 28.0 Å². The van der Waals surface area contributed by atoms with Crippen LogP contribution in [0.2, 0.25) is 0 Å². The normalized spacial score (nSPS) is 25.6. The second-order valence-electron chi connectivity index (χ2n) is 9.20. The van der Waals surface area contributed by atoms with Gasteiger partial charge in [0.1, 0.15) is 29.8 Å². The van der Waals surface area contributed by atoms with Crippen molar-refractivity contribution < 1.29 is 13.9 Å². The molecular weight excluding hydrogens is 475 g/mol. The summed E-state index contributed by atoms with van der Waals surface area (Å²) < 4.78 is 28.0. The van der Waals surface area contributed by atoms with E-state index in [1.165, 1.54) is 12.8 Å². The Bertz CT molecular complexity index is 1010. The monoisotopic (exact) mass is 506 g/mol. The van der Waals surface area contributed by atoms with Crippen LogP contribution >= 0.6 is 15.9 Å². The van der Waals surface area contributed by atoms with E-state index in [0.717, 1.165) is 45.2 Å². The average Bonchev–Trinajstić information content (AvgIpc) is 3.50. The third-order valence-corrected chi connectivity index (χ3v) is 8.18. The molecule has 0 unspecified atom stereocenters. The molecular formula is C24H32BrFN4O2. The molecule has 6 rings (SSSR count). The van der Waals surface area contributed by atoms with Crippen molar-refractivity contribution in [2.45, 2.75) is 76.5 Å². The van der Waals surface area contributed by atoms with Gasteiger partial charge in [-0.15, -0.1) is 0 Å². The number of rotatable bonds is 3. The number of hydrogen-bond acceptors (Lipinski definition) is 6. The third-order valence-electron chi connectivity index (χ3n) is 7.60. The van der Waals surface area contributed by atoms with Crippen LogP contribution in [0.3, 0.4) is 0 Å². The van der Waals surface area contributed by atoms with Gasteiger partial charge < -0.3 is 14.4 Å². The second-order valence-corrected chi connectivity index (χ2v) is 10.1. The molecule has 0 spiro atoms. The van der Waals surface area contributed by atoms with Crippen molar-refractivity contribution in [2.75, 3.05) is 31.6 Å². The number of likely N-dealkylation sites (N-methyl/N-ethyl adjacent to an activating group) is 1. The van der Waals surface area contributed by atoms with Crippen LogP contribution in [0.4, 0.5) is 10.2 Å². The summed E-state index contributed by atoms with van der Waals surface area (Å²) in [6.45, 7) is 6.84. The van der Waals surface area contributed by atoms with Gasteiger partial charge in [0.15, 0.2) is 5.82 Å². The first-order valence-corrected chi connectivity index (χ1v) is 12.8. The fourth-order valence-corrected chi connectivity index (χ4v) is 6.45. The number of ether oxygens (including phenoxy) is 2. The van der Waals surface area contributed by atoms with E-state index in [9.17, 15) is 0 Å². The number of benzene rings is 1. The van der Waals surface area contributed by atoms with Gasteiger partial charge in [-0.05, 0) is 80.0 Å². The summed E-state index contributed by atoms with van der Waals surface area (Å²) in [4.78, 5) is 14.0. The Labute approximate surface area is 197 Å². The highest BCUT2D eigenvalue weighted by molar-refractivity contribution is 9.10. The minimum atomic E-state index is -0.396. The number of nitrogens with zero attached hydrogens (tertiary/aromatic N) is 4. The van der Waals surface area contributed by atoms with Crippen LogP contribution in [0.5, 0.6) is 11.8 Å². The average molecular weight is 507 g/mol. The molecule has 0 radical (unpaired) electrons. The standard InChI is InChI=1S/C22H26BrFN4O2.C2H6/c1-27-14-5-2-6-15(14)30-16-11-13(23)18(24)19-17(16)20(27)26-21(25-19)29-12-22-7-3-9-28(22)10-4-8-22;1-2/h11,14-15H,2-10,12H2,1H3;1-2H3/t14-,15+;/m1./s1. The minimum Gasteiger partial charge on any atom is -0.487 e. The summed E-state index contributed by atoms with van der Waals surface area (Å²) in [7, 11) is 2.03. The molecule has 1 aromatic carbocycles. The predicted molar refractivity (Wildman–Crippen MR) is 127 cm³/mol. The molecule has 8 heteroatoms. The lowest BCUT2D eigenvalue weighted by Gasteiger charge is -2.31. The van der Waals surface area contributed by atoms with Crippen molar-refractivity contribution in [2.24, 2.45) is 0 Å². The lowest BCUT2D eigenvalue weighted by atomic mass is 9.95. The summed E-state index contributed by atoms with van der Waals surface area (Å²) in [5.74, 6) is 0.961. The van der Waals surface area contributed by atoms with Crippen LogP contribution in [0.1, 0.15) is 58.8 Å². The maximum absolute atomic E-state index is 15.1. The quantitative estimate of drug-likeness (QED) is 0.561. The molecule has 32 heavy (non-hydrogen) atoms. The summed E-state index contributed by atoms with van der Waals surface area (Å²) in [6.07, 6.45) is 7.95. The van der Waals surface area contributed by atoms with Crippen molar-refractivity contribution >= 4 is 32.7 Å². The molecule has 0 amide bonds. The van der Waals surface area contributed by atoms with E-state index in [4.69, 9.17) is 14.5 Å². The largest absolute Gasteiger partial charge is 0.487 e. The van der Waals surface area contributed by atoms with Crippen molar-refractivity contribution in [3.8, 4) is 11.8 Å². The van der Waals surface area contributed by atoms with Crippen LogP contribution in [-0.4, -0.2) is 59.3 Å². The zero-order chi connectivity index (χ0) is 22.5. The zero-order valence-corrected chi connectivity index (χ0v) is 20.8. The molecule has 3 aliphatic heterocycles. The fraction of sp³-hybridized carbons (Fsp3) is 0.667. The van der Waals surface area contributed by atoms with Gasteiger partial charge in [-0.25, -0.2) is 4.39 Å². The van der Waals surface area contributed by atoms with Crippen LogP contribution in [0, 0.1) is 5.82 Å². The minimum absolute atomic E-state index is 0.0820. The van der Waals surface area contributed by atoms with Crippen LogP contribution < -0.4 is 14.4 Å². The van der Waals surface area contributed by atoms with Crippen molar-refractivity contribution in [1.29, 1.82) is 0 Å². The number of anilines is 1. The van der Waals surface area contributed by atoms with E-state index in [2.05, 4.69) is 30.7 Å². The molecule has 0 N–H and O–H groups in total. The first-order chi connectivity index (χ1) is 15.6. The maximum Gasteiger partial charge on any atom is 0.319 e. The Balaban J connectivity index is 0.00000105. The highest BCUT2D eigenvalue weighted by Crippen LogP contribution is 2.45. The Morgan fingerprint density at radius 2 is 1.94 bits per heavy atom. The molecule has 1 aromatic heterocycles. The summed E-state index contributed by atoms with van der Waals surface area (Å²) in [5.41, 5.74) is 0.359. The van der Waals surface area contributed by atoms with Gasteiger partial charge in [-0.1, -0.05) is 13.8 Å². The van der Waals surface area contributed by atoms with Gasteiger partial charge >= 0.3 is 6.01 Å². The number of aromatic nitrogens is 2. The highest BCUT2D eigenvalue weighted by Gasteiger charge is 2.45. The van der Waals surface area contributed by atoms with E-state index < -0.39 is 5.82 Å². The van der Waals surface area contributed by atoms with Crippen molar-refractivity contribution in [1.82, 2.24) is 14.9 Å². The van der Waals surface area contributed by atoms with Crippen molar-refractivity contribution in [3.63, 3.8) is 0 Å². The van der Waals surface area contributed by atoms with E-state index >= 15 is 4.39 Å².